The molecule has 0 bridgehead atoms. The van der Waals surface area contributed by atoms with Gasteiger partial charge >= 0.3 is 0 Å². The van der Waals surface area contributed by atoms with Crippen LogP contribution in [-0.4, -0.2) is 23.1 Å². The molecule has 4 heteroatoms. The van der Waals surface area contributed by atoms with Gasteiger partial charge in [0.25, 0.3) is 5.56 Å². The molecule has 3 aliphatic rings. The Kier molecular flexibility index (Phi) is 2.26. The number of aromatic amines is 1. The van der Waals surface area contributed by atoms with Crippen molar-refractivity contribution in [3.63, 3.8) is 0 Å². The molecular weight excluding hydrogens is 226 g/mol. The first-order chi connectivity index (χ1) is 8.79. The van der Waals surface area contributed by atoms with Crippen molar-refractivity contribution in [3.8, 4) is 0 Å². The van der Waals surface area contributed by atoms with E-state index in [1.807, 2.05) is 0 Å². The minimum Gasteiger partial charge on any atom is -0.356 e. The van der Waals surface area contributed by atoms with Crippen LogP contribution in [0.25, 0.3) is 0 Å². The number of H-pyrrole nitrogens is 1. The quantitative estimate of drug-likeness (QED) is 0.865. The highest BCUT2D eigenvalue weighted by Gasteiger charge is 2.37. The zero-order chi connectivity index (χ0) is 12.1. The first kappa shape index (κ1) is 10.6. The number of aromatic nitrogens is 2. The van der Waals surface area contributed by atoms with E-state index >= 15 is 0 Å². The second-order valence-electron chi connectivity index (χ2n) is 6.12. The van der Waals surface area contributed by atoms with E-state index in [0.717, 1.165) is 36.6 Å². The average molecular weight is 245 g/mol. The van der Waals surface area contributed by atoms with E-state index in [4.69, 9.17) is 0 Å². The Morgan fingerprint density at radius 2 is 1.89 bits per heavy atom. The highest BCUT2D eigenvalue weighted by Crippen LogP contribution is 2.40. The third-order valence-electron chi connectivity index (χ3n) is 4.76. The molecule has 96 valence electrons. The molecule has 1 aromatic rings. The number of anilines is 1. The summed E-state index contributed by atoms with van der Waals surface area (Å²) in [5, 5.41) is 0. The highest BCUT2D eigenvalue weighted by molar-refractivity contribution is 5.40. The Bertz CT molecular complexity index is 508. The number of nitrogens with zero attached hydrogens (tertiary/aromatic N) is 2. The van der Waals surface area contributed by atoms with E-state index < -0.39 is 0 Å². The molecule has 1 N–H and O–H groups in total. The van der Waals surface area contributed by atoms with Crippen LogP contribution in [0.15, 0.2) is 10.9 Å². The van der Waals surface area contributed by atoms with Gasteiger partial charge in [-0.3, -0.25) is 4.79 Å². The van der Waals surface area contributed by atoms with E-state index in [1.165, 1.54) is 32.1 Å². The Morgan fingerprint density at radius 1 is 1.17 bits per heavy atom. The molecule has 2 saturated carbocycles. The number of rotatable bonds is 2. The lowest BCUT2D eigenvalue weighted by Gasteiger charge is -2.18. The average Bonchev–Trinajstić information content (AvgIpc) is 2.97. The summed E-state index contributed by atoms with van der Waals surface area (Å²) in [7, 11) is 0. The summed E-state index contributed by atoms with van der Waals surface area (Å²) in [5.41, 5.74) is 0.0129. The predicted molar refractivity (Wildman–Crippen MR) is 69.9 cm³/mol. The maximum atomic E-state index is 11.7. The van der Waals surface area contributed by atoms with Crippen molar-refractivity contribution in [2.24, 2.45) is 11.8 Å². The molecule has 4 rings (SSSR count). The lowest BCUT2D eigenvalue weighted by Crippen LogP contribution is -2.25. The van der Waals surface area contributed by atoms with Crippen molar-refractivity contribution in [3.05, 3.63) is 22.2 Å². The van der Waals surface area contributed by atoms with E-state index in [2.05, 4.69) is 14.9 Å². The van der Waals surface area contributed by atoms with Crippen LogP contribution in [0.2, 0.25) is 0 Å². The lowest BCUT2D eigenvalue weighted by atomic mass is 10.0. The zero-order valence-corrected chi connectivity index (χ0v) is 10.6. The van der Waals surface area contributed by atoms with Crippen LogP contribution in [0.1, 0.15) is 43.8 Å². The third kappa shape index (κ3) is 1.74. The molecule has 2 unspecified atom stereocenters. The molecule has 0 spiro atoms. The molecule has 1 saturated heterocycles. The predicted octanol–water partition coefficient (Wildman–Crippen LogP) is 1.88. The normalized spacial score (nSPS) is 30.8. The molecule has 0 aromatic carbocycles. The first-order valence-electron chi connectivity index (χ1n) is 7.16. The summed E-state index contributed by atoms with van der Waals surface area (Å²) in [4.78, 5) is 21.6. The molecule has 2 heterocycles. The summed E-state index contributed by atoms with van der Waals surface area (Å²) in [6.07, 6.45) is 6.47. The molecule has 0 radical (unpaired) electrons. The highest BCUT2D eigenvalue weighted by atomic mass is 16.1. The molecule has 2 aliphatic carbocycles. The largest absolute Gasteiger partial charge is 0.356 e. The van der Waals surface area contributed by atoms with E-state index in [-0.39, 0.29) is 5.56 Å². The van der Waals surface area contributed by atoms with E-state index in [1.54, 1.807) is 6.07 Å². The van der Waals surface area contributed by atoms with Crippen molar-refractivity contribution >= 4 is 5.82 Å². The Balaban J connectivity index is 1.62. The summed E-state index contributed by atoms with van der Waals surface area (Å²) in [6.45, 7) is 2.20. The number of hydrogen-bond acceptors (Lipinski definition) is 3. The third-order valence-corrected chi connectivity index (χ3v) is 4.76. The van der Waals surface area contributed by atoms with Gasteiger partial charge in [-0.05, 0) is 37.5 Å². The molecule has 18 heavy (non-hydrogen) atoms. The Hall–Kier alpha value is -1.32. The Morgan fingerprint density at radius 3 is 2.56 bits per heavy atom. The van der Waals surface area contributed by atoms with Crippen LogP contribution in [0.3, 0.4) is 0 Å². The van der Waals surface area contributed by atoms with Crippen LogP contribution in [0, 0.1) is 11.8 Å². The smallest absolute Gasteiger partial charge is 0.252 e. The van der Waals surface area contributed by atoms with Crippen LogP contribution in [0.5, 0.6) is 0 Å². The van der Waals surface area contributed by atoms with Crippen molar-refractivity contribution in [1.82, 2.24) is 9.97 Å². The summed E-state index contributed by atoms with van der Waals surface area (Å²) < 4.78 is 0. The maximum absolute atomic E-state index is 11.7. The molecule has 3 fully saturated rings. The summed E-state index contributed by atoms with van der Waals surface area (Å²) >= 11 is 0. The van der Waals surface area contributed by atoms with Gasteiger partial charge in [-0.1, -0.05) is 6.42 Å². The number of hydrogen-bond donors (Lipinski definition) is 1. The van der Waals surface area contributed by atoms with Crippen molar-refractivity contribution < 1.29 is 0 Å². The molecule has 1 aromatic heterocycles. The van der Waals surface area contributed by atoms with Gasteiger partial charge in [0.15, 0.2) is 0 Å². The summed E-state index contributed by atoms with van der Waals surface area (Å²) in [5.74, 6) is 4.02. The second-order valence-corrected chi connectivity index (χ2v) is 6.12. The molecule has 4 nitrogen and oxygen atoms in total. The molecule has 1 aliphatic heterocycles. The van der Waals surface area contributed by atoms with Gasteiger partial charge in [-0.25, -0.2) is 4.98 Å². The van der Waals surface area contributed by atoms with Crippen molar-refractivity contribution in [1.29, 1.82) is 0 Å². The van der Waals surface area contributed by atoms with Gasteiger partial charge in [0, 0.05) is 25.1 Å². The van der Waals surface area contributed by atoms with Crippen LogP contribution < -0.4 is 10.5 Å². The number of fused-ring (bicyclic) bond motifs is 1. The van der Waals surface area contributed by atoms with Gasteiger partial charge < -0.3 is 9.88 Å². The first-order valence-corrected chi connectivity index (χ1v) is 7.16. The fraction of sp³-hybridized carbons (Fsp3) is 0.714. The minimum atomic E-state index is 0.0129. The van der Waals surface area contributed by atoms with Gasteiger partial charge in [-0.15, -0.1) is 0 Å². The second kappa shape index (κ2) is 3.84. The van der Waals surface area contributed by atoms with Crippen LogP contribution in [-0.2, 0) is 0 Å². The molecule has 0 amide bonds. The van der Waals surface area contributed by atoms with Crippen molar-refractivity contribution in [2.75, 3.05) is 18.0 Å². The number of nitrogens with one attached hydrogen (secondary N) is 1. The van der Waals surface area contributed by atoms with Crippen LogP contribution >= 0.6 is 0 Å². The molecule has 2 atom stereocenters. The standard InChI is InChI=1S/C14H19N3O/c18-13-6-12(15-14(16-13)9-4-5-9)17-7-10-2-1-3-11(10)8-17/h6,9-11H,1-5,7-8H2,(H,15,16,18). The SMILES string of the molecule is O=c1cc(N2CC3CCCC3C2)nc(C2CC2)[nH]1. The fourth-order valence-corrected chi connectivity index (χ4v) is 3.60. The zero-order valence-electron chi connectivity index (χ0n) is 10.6. The summed E-state index contributed by atoms with van der Waals surface area (Å²) in [6, 6.07) is 1.67. The van der Waals surface area contributed by atoms with Gasteiger partial charge in [-0.2, -0.15) is 0 Å². The Labute approximate surface area is 106 Å². The van der Waals surface area contributed by atoms with Gasteiger partial charge in [0.2, 0.25) is 0 Å². The van der Waals surface area contributed by atoms with E-state index in [9.17, 15) is 4.79 Å². The lowest BCUT2D eigenvalue weighted by molar-refractivity contribution is 0.494. The van der Waals surface area contributed by atoms with E-state index in [0.29, 0.717) is 5.92 Å². The van der Waals surface area contributed by atoms with Crippen molar-refractivity contribution in [2.45, 2.75) is 38.0 Å². The molecular formula is C14H19N3O. The maximum Gasteiger partial charge on any atom is 0.252 e. The van der Waals surface area contributed by atoms with Crippen LogP contribution in [0.4, 0.5) is 5.82 Å². The van der Waals surface area contributed by atoms with Gasteiger partial charge in [0.1, 0.15) is 11.6 Å². The van der Waals surface area contributed by atoms with Gasteiger partial charge in [0.05, 0.1) is 0 Å². The minimum absolute atomic E-state index is 0.0129. The fourth-order valence-electron chi connectivity index (χ4n) is 3.60. The monoisotopic (exact) mass is 245 g/mol. The topological polar surface area (TPSA) is 49.0 Å².